The van der Waals surface area contributed by atoms with Crippen LogP contribution in [-0.2, 0) is 12.6 Å². The van der Waals surface area contributed by atoms with Crippen LogP contribution in [-0.4, -0.2) is 21.5 Å². The predicted molar refractivity (Wildman–Crippen MR) is 78.2 cm³/mol. The molecule has 22 heavy (non-hydrogen) atoms. The molecule has 0 saturated heterocycles. The van der Waals surface area contributed by atoms with E-state index >= 15 is 0 Å². The molecule has 2 heterocycles. The number of halogens is 5. The number of aryl methyl sites for hydroxylation is 1. The Morgan fingerprint density at radius 1 is 1.18 bits per heavy atom. The van der Waals surface area contributed by atoms with E-state index in [0.717, 1.165) is 12.3 Å². The molecule has 0 aromatic carbocycles. The van der Waals surface area contributed by atoms with Crippen LogP contribution in [0.4, 0.5) is 19.0 Å². The van der Waals surface area contributed by atoms with Crippen molar-refractivity contribution < 1.29 is 13.2 Å². The van der Waals surface area contributed by atoms with Gasteiger partial charge in [-0.15, -0.1) is 0 Å². The standard InChI is InChI=1S/C13H11Cl2F3N4/c1-7-11(15)12(22-6-21-7)19-3-2-10-9(14)4-8(5-20-10)13(16,17)18/h4-6H,2-3H2,1H3,(H,19,21,22). The lowest BCUT2D eigenvalue weighted by Gasteiger charge is -2.10. The summed E-state index contributed by atoms with van der Waals surface area (Å²) in [6, 6.07) is 0.867. The van der Waals surface area contributed by atoms with Gasteiger partial charge in [-0.05, 0) is 13.0 Å². The molecule has 0 aliphatic heterocycles. The van der Waals surface area contributed by atoms with Crippen LogP contribution < -0.4 is 5.32 Å². The summed E-state index contributed by atoms with van der Waals surface area (Å²) in [4.78, 5) is 11.7. The first-order chi connectivity index (χ1) is 10.3. The minimum atomic E-state index is -4.46. The van der Waals surface area contributed by atoms with Crippen LogP contribution in [0.25, 0.3) is 0 Å². The summed E-state index contributed by atoms with van der Waals surface area (Å²) < 4.78 is 37.5. The first kappa shape index (κ1) is 16.8. The summed E-state index contributed by atoms with van der Waals surface area (Å²) in [7, 11) is 0. The fourth-order valence-electron chi connectivity index (χ4n) is 1.69. The Hall–Kier alpha value is -1.60. The van der Waals surface area contributed by atoms with Gasteiger partial charge in [-0.2, -0.15) is 13.2 Å². The van der Waals surface area contributed by atoms with Gasteiger partial charge in [0.2, 0.25) is 0 Å². The molecule has 4 nitrogen and oxygen atoms in total. The van der Waals surface area contributed by atoms with Crippen LogP contribution in [0.3, 0.4) is 0 Å². The van der Waals surface area contributed by atoms with Crippen molar-refractivity contribution in [2.24, 2.45) is 0 Å². The number of hydrogen-bond acceptors (Lipinski definition) is 4. The quantitative estimate of drug-likeness (QED) is 0.899. The fourth-order valence-corrected chi connectivity index (χ4v) is 2.11. The molecule has 0 radical (unpaired) electrons. The monoisotopic (exact) mass is 350 g/mol. The third kappa shape index (κ3) is 3.98. The summed E-state index contributed by atoms with van der Waals surface area (Å²) in [5.74, 6) is 0.456. The SMILES string of the molecule is Cc1ncnc(NCCc2ncc(C(F)(F)F)cc2Cl)c1Cl. The zero-order valence-corrected chi connectivity index (χ0v) is 12.9. The predicted octanol–water partition coefficient (Wildman–Crippen LogP) is 4.16. The second kappa shape index (κ2) is 6.66. The normalized spacial score (nSPS) is 11.5. The van der Waals surface area contributed by atoms with Gasteiger partial charge in [0.1, 0.15) is 17.2 Å². The Balaban J connectivity index is 2.02. The molecule has 2 rings (SSSR count). The van der Waals surface area contributed by atoms with Crippen molar-refractivity contribution in [3.05, 3.63) is 45.6 Å². The number of anilines is 1. The molecule has 0 unspecified atom stereocenters. The maximum Gasteiger partial charge on any atom is 0.417 e. The van der Waals surface area contributed by atoms with Crippen molar-refractivity contribution >= 4 is 29.0 Å². The first-order valence-corrected chi connectivity index (χ1v) is 6.97. The van der Waals surface area contributed by atoms with Gasteiger partial charge in [-0.1, -0.05) is 23.2 Å². The average Bonchev–Trinajstić information content (AvgIpc) is 2.44. The zero-order chi connectivity index (χ0) is 16.3. The lowest BCUT2D eigenvalue weighted by Crippen LogP contribution is -2.11. The Morgan fingerprint density at radius 2 is 1.91 bits per heavy atom. The molecule has 0 aliphatic carbocycles. The summed E-state index contributed by atoms with van der Waals surface area (Å²) in [5, 5.41) is 3.34. The third-order valence-corrected chi connectivity index (χ3v) is 3.64. The minimum Gasteiger partial charge on any atom is -0.368 e. The number of pyridine rings is 1. The molecule has 0 saturated carbocycles. The Labute approximate surface area is 134 Å². The van der Waals surface area contributed by atoms with Crippen molar-refractivity contribution in [2.75, 3.05) is 11.9 Å². The van der Waals surface area contributed by atoms with Crippen LogP contribution in [0.1, 0.15) is 17.0 Å². The minimum absolute atomic E-state index is 0.0263. The van der Waals surface area contributed by atoms with Gasteiger partial charge in [0.05, 0.1) is 22.0 Å². The van der Waals surface area contributed by atoms with Crippen molar-refractivity contribution in [3.8, 4) is 0 Å². The number of nitrogens with one attached hydrogen (secondary N) is 1. The molecule has 1 N–H and O–H groups in total. The van der Waals surface area contributed by atoms with E-state index in [9.17, 15) is 13.2 Å². The van der Waals surface area contributed by atoms with Gasteiger partial charge in [-0.3, -0.25) is 4.98 Å². The topological polar surface area (TPSA) is 50.7 Å². The van der Waals surface area contributed by atoms with Gasteiger partial charge in [0.15, 0.2) is 0 Å². The van der Waals surface area contributed by atoms with E-state index < -0.39 is 11.7 Å². The highest BCUT2D eigenvalue weighted by Gasteiger charge is 2.31. The van der Waals surface area contributed by atoms with Gasteiger partial charge < -0.3 is 5.32 Å². The molecular weight excluding hydrogens is 340 g/mol. The summed E-state index contributed by atoms with van der Waals surface area (Å²) in [6.45, 7) is 2.11. The van der Waals surface area contributed by atoms with Gasteiger partial charge >= 0.3 is 6.18 Å². The molecule has 9 heteroatoms. The van der Waals surface area contributed by atoms with Crippen LogP contribution in [0, 0.1) is 6.92 Å². The molecule has 0 fully saturated rings. The van der Waals surface area contributed by atoms with Gasteiger partial charge in [0, 0.05) is 19.2 Å². The van der Waals surface area contributed by atoms with E-state index in [1.807, 2.05) is 0 Å². The van der Waals surface area contributed by atoms with Crippen molar-refractivity contribution in [1.82, 2.24) is 15.0 Å². The van der Waals surface area contributed by atoms with Crippen molar-refractivity contribution in [3.63, 3.8) is 0 Å². The maximum atomic E-state index is 12.5. The molecular formula is C13H11Cl2F3N4. The van der Waals surface area contributed by atoms with E-state index in [2.05, 4.69) is 20.3 Å². The van der Waals surface area contributed by atoms with E-state index in [0.29, 0.717) is 35.2 Å². The smallest absolute Gasteiger partial charge is 0.368 e. The molecule has 0 amide bonds. The Kier molecular flexibility index (Phi) is 5.08. The van der Waals surface area contributed by atoms with E-state index in [1.165, 1.54) is 6.33 Å². The summed E-state index contributed by atoms with van der Waals surface area (Å²) >= 11 is 11.9. The van der Waals surface area contributed by atoms with Crippen LogP contribution in [0.15, 0.2) is 18.6 Å². The highest BCUT2D eigenvalue weighted by molar-refractivity contribution is 6.33. The summed E-state index contributed by atoms with van der Waals surface area (Å²) in [6.07, 6.45) is -1.99. The molecule has 0 bridgehead atoms. The molecule has 118 valence electrons. The second-order valence-corrected chi connectivity index (χ2v) is 5.23. The number of alkyl halides is 3. The molecule has 2 aromatic heterocycles. The fraction of sp³-hybridized carbons (Fsp3) is 0.308. The van der Waals surface area contributed by atoms with E-state index in [1.54, 1.807) is 6.92 Å². The van der Waals surface area contributed by atoms with Gasteiger partial charge in [-0.25, -0.2) is 9.97 Å². The largest absolute Gasteiger partial charge is 0.417 e. The first-order valence-electron chi connectivity index (χ1n) is 6.21. The van der Waals surface area contributed by atoms with E-state index in [4.69, 9.17) is 23.2 Å². The number of rotatable bonds is 4. The van der Waals surface area contributed by atoms with Crippen molar-refractivity contribution in [2.45, 2.75) is 19.5 Å². The maximum absolute atomic E-state index is 12.5. The molecule has 0 aliphatic rings. The molecule has 0 atom stereocenters. The van der Waals surface area contributed by atoms with E-state index in [-0.39, 0.29) is 5.02 Å². The lowest BCUT2D eigenvalue weighted by molar-refractivity contribution is -0.137. The molecule has 2 aromatic rings. The number of aromatic nitrogens is 3. The van der Waals surface area contributed by atoms with Crippen LogP contribution in [0.5, 0.6) is 0 Å². The Morgan fingerprint density at radius 3 is 2.55 bits per heavy atom. The van der Waals surface area contributed by atoms with Crippen LogP contribution in [0.2, 0.25) is 10.0 Å². The highest BCUT2D eigenvalue weighted by Crippen LogP contribution is 2.31. The lowest BCUT2D eigenvalue weighted by atomic mass is 10.2. The second-order valence-electron chi connectivity index (χ2n) is 4.45. The van der Waals surface area contributed by atoms with Crippen molar-refractivity contribution in [1.29, 1.82) is 0 Å². The summed E-state index contributed by atoms with van der Waals surface area (Å²) in [5.41, 5.74) is 0.123. The Bertz CT molecular complexity index is 677. The van der Waals surface area contributed by atoms with Gasteiger partial charge in [0.25, 0.3) is 0 Å². The average molecular weight is 351 g/mol. The third-order valence-electron chi connectivity index (χ3n) is 2.86. The number of nitrogens with zero attached hydrogens (tertiary/aromatic N) is 3. The number of hydrogen-bond donors (Lipinski definition) is 1. The van der Waals surface area contributed by atoms with Crippen LogP contribution >= 0.6 is 23.2 Å². The highest BCUT2D eigenvalue weighted by atomic mass is 35.5. The zero-order valence-electron chi connectivity index (χ0n) is 11.4. The molecule has 0 spiro atoms.